The molecule has 0 bridgehead atoms. The number of likely N-dealkylation sites (N-methyl/N-ethyl adjacent to an activating group) is 1. The summed E-state index contributed by atoms with van der Waals surface area (Å²) in [7, 11) is 2.19. The van der Waals surface area contributed by atoms with E-state index in [1.54, 1.807) is 12.1 Å². The fourth-order valence-corrected chi connectivity index (χ4v) is 6.31. The molecular formula is C37H44N6O3. The van der Waals surface area contributed by atoms with E-state index in [4.69, 9.17) is 19.4 Å². The smallest absolute Gasteiger partial charge is 0.259 e. The summed E-state index contributed by atoms with van der Waals surface area (Å²) in [6.45, 7) is 11.3. The lowest BCUT2D eigenvalue weighted by molar-refractivity contribution is 0.102. The van der Waals surface area contributed by atoms with E-state index in [-0.39, 0.29) is 11.8 Å². The zero-order chi connectivity index (χ0) is 31.9. The Morgan fingerprint density at radius 2 is 1.74 bits per heavy atom. The van der Waals surface area contributed by atoms with Crippen LogP contribution in [0.25, 0.3) is 11.3 Å². The molecule has 1 atom stereocenters. The molecule has 2 aliphatic rings. The van der Waals surface area contributed by atoms with Gasteiger partial charge in [0.1, 0.15) is 11.5 Å². The van der Waals surface area contributed by atoms with E-state index < -0.39 is 0 Å². The van der Waals surface area contributed by atoms with Gasteiger partial charge in [-0.15, -0.1) is 0 Å². The topological polar surface area (TPSA) is 91.8 Å². The summed E-state index contributed by atoms with van der Waals surface area (Å²) < 4.78 is 11.3. The highest BCUT2D eigenvalue weighted by molar-refractivity contribution is 6.06. The van der Waals surface area contributed by atoms with Crippen LogP contribution in [0, 0.1) is 0 Å². The second-order valence-corrected chi connectivity index (χ2v) is 11.9. The van der Waals surface area contributed by atoms with Gasteiger partial charge in [0.05, 0.1) is 24.5 Å². The summed E-state index contributed by atoms with van der Waals surface area (Å²) in [5, 5.41) is 6.49. The Hall–Kier alpha value is -4.47. The fourth-order valence-electron chi connectivity index (χ4n) is 6.31. The molecule has 0 saturated carbocycles. The zero-order valence-corrected chi connectivity index (χ0v) is 27.1. The number of piperazine rings is 1. The van der Waals surface area contributed by atoms with Crippen molar-refractivity contribution >= 4 is 17.5 Å². The van der Waals surface area contributed by atoms with Crippen LogP contribution in [0.1, 0.15) is 53.2 Å². The van der Waals surface area contributed by atoms with E-state index >= 15 is 0 Å². The van der Waals surface area contributed by atoms with Crippen LogP contribution in [-0.4, -0.2) is 85.2 Å². The largest absolute Gasteiger partial charge is 0.494 e. The minimum Gasteiger partial charge on any atom is -0.494 e. The first-order valence-electron chi connectivity index (χ1n) is 16.4. The van der Waals surface area contributed by atoms with Crippen LogP contribution in [0.4, 0.5) is 11.6 Å². The number of ether oxygens (including phenoxy) is 2. The fraction of sp³-hybridized carbons (Fsp3) is 0.378. The number of amides is 1. The SMILES string of the molecule is CCOc1ccc(OCC)c(C(=O)Nc2ccc(C3Cc4cnc(NCCCN5CCN(C)CC5)nc4-c4ccccc43)cc2)c1. The van der Waals surface area contributed by atoms with Crippen molar-refractivity contribution in [2.75, 3.05) is 70.2 Å². The second-order valence-electron chi connectivity index (χ2n) is 11.9. The van der Waals surface area contributed by atoms with E-state index in [2.05, 4.69) is 63.9 Å². The molecule has 1 aliphatic heterocycles. The normalized spacial score (nSPS) is 16.3. The molecule has 2 heterocycles. The van der Waals surface area contributed by atoms with Crippen molar-refractivity contribution in [1.82, 2.24) is 19.8 Å². The number of benzene rings is 3. The Morgan fingerprint density at radius 1 is 0.957 bits per heavy atom. The first kappa shape index (κ1) is 31.5. The van der Waals surface area contributed by atoms with Crippen molar-refractivity contribution in [2.45, 2.75) is 32.6 Å². The first-order valence-corrected chi connectivity index (χ1v) is 16.4. The molecule has 9 nitrogen and oxygen atoms in total. The van der Waals surface area contributed by atoms with Crippen molar-refractivity contribution in [1.29, 1.82) is 0 Å². The lowest BCUT2D eigenvalue weighted by Crippen LogP contribution is -2.44. The standard InChI is InChI=1S/C37H44N6O3/c1-4-45-29-15-16-34(46-5-2)33(24-29)36(44)40-28-13-11-26(12-14-28)32-23-27-25-39-37(41-35(27)31-10-7-6-9-30(31)32)38-17-8-18-43-21-19-42(3)20-22-43/h6-7,9-16,24-25,32H,4-5,8,17-23H2,1-3H3,(H,40,44)(H,38,39,41). The molecule has 1 amide bonds. The van der Waals surface area contributed by atoms with Gasteiger partial charge in [0.2, 0.25) is 5.95 Å². The van der Waals surface area contributed by atoms with E-state index in [0.717, 1.165) is 68.9 Å². The van der Waals surface area contributed by atoms with Crippen LogP contribution in [0.15, 0.2) is 72.9 Å². The highest BCUT2D eigenvalue weighted by Crippen LogP contribution is 2.42. The number of nitrogens with one attached hydrogen (secondary N) is 2. The Balaban J connectivity index is 1.13. The third kappa shape index (κ3) is 7.32. The molecule has 0 radical (unpaired) electrons. The molecule has 0 spiro atoms. The molecule has 1 aromatic heterocycles. The summed E-state index contributed by atoms with van der Waals surface area (Å²) in [5.74, 6) is 1.77. The van der Waals surface area contributed by atoms with Gasteiger partial charge in [-0.3, -0.25) is 4.79 Å². The number of rotatable bonds is 12. The van der Waals surface area contributed by atoms with Gasteiger partial charge in [0.25, 0.3) is 5.91 Å². The molecule has 1 aliphatic carbocycles. The minimum atomic E-state index is -0.240. The van der Waals surface area contributed by atoms with Gasteiger partial charge in [-0.2, -0.15) is 0 Å². The van der Waals surface area contributed by atoms with Crippen LogP contribution >= 0.6 is 0 Å². The number of anilines is 2. The predicted octanol–water partition coefficient (Wildman–Crippen LogP) is 5.93. The zero-order valence-electron chi connectivity index (χ0n) is 27.1. The van der Waals surface area contributed by atoms with Gasteiger partial charge in [0.15, 0.2) is 0 Å². The van der Waals surface area contributed by atoms with Crippen molar-refractivity contribution in [3.63, 3.8) is 0 Å². The van der Waals surface area contributed by atoms with Crippen LogP contribution in [-0.2, 0) is 6.42 Å². The number of nitrogens with zero attached hydrogens (tertiary/aromatic N) is 4. The van der Waals surface area contributed by atoms with Gasteiger partial charge in [-0.25, -0.2) is 9.97 Å². The van der Waals surface area contributed by atoms with Crippen LogP contribution in [0.2, 0.25) is 0 Å². The highest BCUT2D eigenvalue weighted by Gasteiger charge is 2.27. The van der Waals surface area contributed by atoms with E-state index in [0.29, 0.717) is 41.9 Å². The quantitative estimate of drug-likeness (QED) is 0.188. The van der Waals surface area contributed by atoms with Crippen molar-refractivity contribution in [3.05, 3.63) is 95.2 Å². The molecule has 240 valence electrons. The Morgan fingerprint density at radius 3 is 2.52 bits per heavy atom. The minimum absolute atomic E-state index is 0.159. The van der Waals surface area contributed by atoms with Crippen molar-refractivity contribution in [2.24, 2.45) is 0 Å². The maximum Gasteiger partial charge on any atom is 0.259 e. The van der Waals surface area contributed by atoms with Gasteiger partial charge in [-0.05, 0) is 87.3 Å². The average molecular weight is 621 g/mol. The molecule has 2 N–H and O–H groups in total. The van der Waals surface area contributed by atoms with E-state index in [9.17, 15) is 4.79 Å². The number of hydrogen-bond donors (Lipinski definition) is 2. The van der Waals surface area contributed by atoms with Gasteiger partial charge < -0.3 is 29.9 Å². The molecule has 46 heavy (non-hydrogen) atoms. The molecule has 4 aromatic rings. The maximum atomic E-state index is 13.3. The maximum absolute atomic E-state index is 13.3. The summed E-state index contributed by atoms with van der Waals surface area (Å²) in [5.41, 5.74) is 6.88. The molecular weight excluding hydrogens is 576 g/mol. The molecule has 1 fully saturated rings. The molecule has 9 heteroatoms. The van der Waals surface area contributed by atoms with Crippen molar-refractivity contribution < 1.29 is 14.3 Å². The van der Waals surface area contributed by atoms with Gasteiger partial charge in [-0.1, -0.05) is 36.4 Å². The number of fused-ring (bicyclic) bond motifs is 3. The lowest BCUT2D eigenvalue weighted by atomic mass is 9.78. The third-order valence-electron chi connectivity index (χ3n) is 8.79. The first-order chi connectivity index (χ1) is 22.5. The Bertz CT molecular complexity index is 1630. The number of carbonyl (C=O) groups excluding carboxylic acids is 1. The monoisotopic (exact) mass is 620 g/mol. The summed E-state index contributed by atoms with van der Waals surface area (Å²) >= 11 is 0. The predicted molar refractivity (Wildman–Crippen MR) is 183 cm³/mol. The van der Waals surface area contributed by atoms with Gasteiger partial charge in [0, 0.05) is 56.1 Å². The van der Waals surface area contributed by atoms with E-state index in [1.807, 2.05) is 38.2 Å². The van der Waals surface area contributed by atoms with Crippen LogP contribution < -0.4 is 20.1 Å². The molecule has 1 saturated heterocycles. The van der Waals surface area contributed by atoms with Gasteiger partial charge >= 0.3 is 0 Å². The third-order valence-corrected chi connectivity index (χ3v) is 8.79. The van der Waals surface area contributed by atoms with E-state index in [1.165, 1.54) is 11.1 Å². The Labute approximate surface area is 272 Å². The molecule has 1 unspecified atom stereocenters. The number of carbonyl (C=O) groups is 1. The number of hydrogen-bond acceptors (Lipinski definition) is 8. The summed E-state index contributed by atoms with van der Waals surface area (Å²) in [6, 6.07) is 22.0. The second kappa shape index (κ2) is 14.7. The molecule has 6 rings (SSSR count). The molecule has 3 aromatic carbocycles. The summed E-state index contributed by atoms with van der Waals surface area (Å²) in [6.07, 6.45) is 3.85. The Kier molecular flexibility index (Phi) is 10.1. The van der Waals surface area contributed by atoms with Crippen LogP contribution in [0.3, 0.4) is 0 Å². The van der Waals surface area contributed by atoms with Crippen LogP contribution in [0.5, 0.6) is 11.5 Å². The number of aromatic nitrogens is 2. The van der Waals surface area contributed by atoms with Crippen molar-refractivity contribution in [3.8, 4) is 22.8 Å². The summed E-state index contributed by atoms with van der Waals surface area (Å²) in [4.78, 5) is 27.9. The lowest BCUT2D eigenvalue weighted by Gasteiger charge is -2.32. The highest BCUT2D eigenvalue weighted by atomic mass is 16.5. The average Bonchev–Trinajstić information content (AvgIpc) is 3.08.